The highest BCUT2D eigenvalue weighted by atomic mass is 19.4. The van der Waals surface area contributed by atoms with Gasteiger partial charge in [0.05, 0.1) is 5.56 Å². The fourth-order valence-electron chi connectivity index (χ4n) is 7.13. The van der Waals surface area contributed by atoms with Crippen molar-refractivity contribution in [2.24, 2.45) is 35.0 Å². The van der Waals surface area contributed by atoms with Gasteiger partial charge in [0.15, 0.2) is 0 Å². The van der Waals surface area contributed by atoms with Crippen molar-refractivity contribution in [1.82, 2.24) is 5.32 Å². The molecule has 3 fully saturated rings. The van der Waals surface area contributed by atoms with Crippen LogP contribution in [0.2, 0.25) is 0 Å². The first-order valence-electron chi connectivity index (χ1n) is 11.2. The quantitative estimate of drug-likeness (QED) is 0.473. The molecule has 6 rings (SSSR count). The summed E-state index contributed by atoms with van der Waals surface area (Å²) in [5.74, 6) is 4.01. The van der Waals surface area contributed by atoms with E-state index >= 15 is 0 Å². The number of allylic oxidation sites excluding steroid dienone is 4. The minimum absolute atomic E-state index is 0.282. The smallest absolute Gasteiger partial charge is 0.311 e. The minimum Gasteiger partial charge on any atom is -0.311 e. The normalized spacial score (nSPS) is 40.0. The maximum Gasteiger partial charge on any atom is 0.416 e. The molecule has 6 unspecified atom stereocenters. The van der Waals surface area contributed by atoms with Crippen LogP contribution in [0.3, 0.4) is 0 Å². The van der Waals surface area contributed by atoms with Crippen LogP contribution in [0, 0.1) is 35.0 Å². The first-order chi connectivity index (χ1) is 14.0. The van der Waals surface area contributed by atoms with Gasteiger partial charge in [-0.2, -0.15) is 13.2 Å². The van der Waals surface area contributed by atoms with Crippen molar-refractivity contribution in [3.05, 3.63) is 59.7 Å². The van der Waals surface area contributed by atoms with Crippen LogP contribution >= 0.6 is 0 Å². The van der Waals surface area contributed by atoms with Crippen molar-refractivity contribution in [3.8, 4) is 0 Å². The standard InChI is InChI=1S/C25H28F3N/c26-25(27,28)18-6-1-4-16(14-18)5-3-13-29-23(11-12-23)22-8-2-7-19-20-10-9-17-15-21(17)24(19,20)22/h1-2,4,6-7,9-10,14,17,19-22,29H,3,5,8,11-13,15H2. The molecule has 0 heterocycles. The molecule has 0 aliphatic heterocycles. The maximum atomic E-state index is 12.9. The van der Waals surface area contributed by atoms with E-state index in [2.05, 4.69) is 29.6 Å². The van der Waals surface area contributed by atoms with Crippen LogP contribution in [0.1, 0.15) is 43.2 Å². The number of rotatable bonds is 6. The summed E-state index contributed by atoms with van der Waals surface area (Å²) in [5, 5.41) is 3.90. The summed E-state index contributed by atoms with van der Waals surface area (Å²) in [4.78, 5) is 0. The molecular formula is C25H28F3N. The molecule has 0 bridgehead atoms. The Morgan fingerprint density at radius 1 is 1.07 bits per heavy atom. The van der Waals surface area contributed by atoms with E-state index in [9.17, 15) is 13.2 Å². The first-order valence-corrected chi connectivity index (χ1v) is 11.2. The summed E-state index contributed by atoms with van der Waals surface area (Å²) in [6, 6.07) is 5.80. The third kappa shape index (κ3) is 2.71. The lowest BCUT2D eigenvalue weighted by atomic mass is 9.70. The Morgan fingerprint density at radius 2 is 1.90 bits per heavy atom. The summed E-state index contributed by atoms with van der Waals surface area (Å²) < 4.78 is 38.7. The maximum absolute atomic E-state index is 12.9. The second kappa shape index (κ2) is 6.00. The second-order valence-electron chi connectivity index (χ2n) is 10.0. The molecule has 1 aromatic rings. The molecule has 0 amide bonds. The molecule has 1 nitrogen and oxygen atoms in total. The number of fused-ring (bicyclic) bond motifs is 2. The molecule has 5 aliphatic carbocycles. The van der Waals surface area contributed by atoms with Crippen LogP contribution in [-0.2, 0) is 12.6 Å². The predicted molar refractivity (Wildman–Crippen MR) is 107 cm³/mol. The number of hydrogen-bond donors (Lipinski definition) is 1. The minimum atomic E-state index is -4.26. The Balaban J connectivity index is 1.10. The van der Waals surface area contributed by atoms with Gasteiger partial charge in [0.1, 0.15) is 0 Å². The van der Waals surface area contributed by atoms with Crippen molar-refractivity contribution in [3.63, 3.8) is 0 Å². The monoisotopic (exact) mass is 399 g/mol. The molecule has 1 aromatic carbocycles. The molecule has 1 N–H and O–H groups in total. The number of nitrogens with one attached hydrogen (secondary N) is 1. The van der Waals surface area contributed by atoms with E-state index in [-0.39, 0.29) is 5.54 Å². The predicted octanol–water partition coefficient (Wildman–Crippen LogP) is 5.77. The molecule has 154 valence electrons. The molecule has 4 heteroatoms. The zero-order valence-corrected chi connectivity index (χ0v) is 16.6. The van der Waals surface area contributed by atoms with Gasteiger partial charge in [-0.05, 0) is 91.7 Å². The van der Waals surface area contributed by atoms with Gasteiger partial charge in [0.2, 0.25) is 0 Å². The van der Waals surface area contributed by atoms with Crippen molar-refractivity contribution in [2.45, 2.75) is 50.2 Å². The van der Waals surface area contributed by atoms with Crippen LogP contribution in [0.4, 0.5) is 13.2 Å². The lowest BCUT2D eigenvalue weighted by Crippen LogP contribution is -2.46. The van der Waals surface area contributed by atoms with E-state index in [1.807, 2.05) is 6.07 Å². The van der Waals surface area contributed by atoms with Gasteiger partial charge in [0, 0.05) is 5.54 Å². The molecule has 0 aromatic heterocycles. The van der Waals surface area contributed by atoms with E-state index in [4.69, 9.17) is 0 Å². The lowest BCUT2D eigenvalue weighted by Gasteiger charge is -2.39. The third-order valence-electron chi connectivity index (χ3n) is 8.63. The van der Waals surface area contributed by atoms with Crippen LogP contribution in [0.5, 0.6) is 0 Å². The van der Waals surface area contributed by atoms with Gasteiger partial charge in [-0.15, -0.1) is 0 Å². The van der Waals surface area contributed by atoms with Gasteiger partial charge in [0.25, 0.3) is 0 Å². The molecule has 3 saturated carbocycles. The summed E-state index contributed by atoms with van der Waals surface area (Å²) in [6.07, 6.45) is 12.4. The van der Waals surface area contributed by atoms with E-state index in [1.54, 1.807) is 0 Å². The van der Waals surface area contributed by atoms with Crippen molar-refractivity contribution >= 4 is 0 Å². The molecular weight excluding hydrogens is 371 g/mol. The molecule has 5 aliphatic rings. The Bertz CT molecular complexity index is 874. The second-order valence-corrected chi connectivity index (χ2v) is 10.0. The lowest BCUT2D eigenvalue weighted by molar-refractivity contribution is -0.137. The zero-order chi connectivity index (χ0) is 19.9. The van der Waals surface area contributed by atoms with Gasteiger partial charge in [-0.3, -0.25) is 0 Å². The number of benzene rings is 1. The SMILES string of the molecule is FC(F)(F)c1cccc(CCCNC2(C3CC=CC4C5C=CC6CC6C453)CC2)c1. The molecule has 1 spiro atoms. The zero-order valence-electron chi connectivity index (χ0n) is 16.6. The highest BCUT2D eigenvalue weighted by Crippen LogP contribution is 2.82. The fourth-order valence-corrected chi connectivity index (χ4v) is 7.13. The highest BCUT2D eigenvalue weighted by molar-refractivity contribution is 5.40. The highest BCUT2D eigenvalue weighted by Gasteiger charge is 2.78. The van der Waals surface area contributed by atoms with E-state index in [1.165, 1.54) is 37.8 Å². The van der Waals surface area contributed by atoms with E-state index in [0.717, 1.165) is 54.2 Å². The number of aryl methyl sites for hydroxylation is 1. The fraction of sp³-hybridized carbons (Fsp3) is 0.600. The summed E-state index contributed by atoms with van der Waals surface area (Å²) >= 11 is 0. The average molecular weight is 400 g/mol. The van der Waals surface area contributed by atoms with Gasteiger partial charge >= 0.3 is 6.18 Å². The number of hydrogen-bond acceptors (Lipinski definition) is 1. The van der Waals surface area contributed by atoms with Crippen molar-refractivity contribution in [1.29, 1.82) is 0 Å². The number of alkyl halides is 3. The van der Waals surface area contributed by atoms with Crippen LogP contribution in [0.25, 0.3) is 0 Å². The van der Waals surface area contributed by atoms with Crippen molar-refractivity contribution in [2.75, 3.05) is 6.54 Å². The number of halogens is 3. The van der Waals surface area contributed by atoms with Gasteiger partial charge < -0.3 is 5.32 Å². The summed E-state index contributed by atoms with van der Waals surface area (Å²) in [5.41, 5.74) is 1.05. The third-order valence-corrected chi connectivity index (χ3v) is 8.63. The Morgan fingerprint density at radius 3 is 2.69 bits per heavy atom. The van der Waals surface area contributed by atoms with Gasteiger partial charge in [-0.25, -0.2) is 0 Å². The Hall–Kier alpha value is -1.55. The summed E-state index contributed by atoms with van der Waals surface area (Å²) in [7, 11) is 0. The van der Waals surface area contributed by atoms with Crippen LogP contribution in [-0.4, -0.2) is 12.1 Å². The largest absolute Gasteiger partial charge is 0.416 e. The Labute approximate surface area is 170 Å². The Kier molecular flexibility index (Phi) is 3.77. The summed E-state index contributed by atoms with van der Waals surface area (Å²) in [6.45, 7) is 0.895. The topological polar surface area (TPSA) is 12.0 Å². The molecule has 0 radical (unpaired) electrons. The molecule has 29 heavy (non-hydrogen) atoms. The van der Waals surface area contributed by atoms with E-state index in [0.29, 0.717) is 11.8 Å². The van der Waals surface area contributed by atoms with Crippen LogP contribution in [0.15, 0.2) is 48.6 Å². The first kappa shape index (κ1) is 18.2. The van der Waals surface area contributed by atoms with E-state index < -0.39 is 11.7 Å². The molecule has 6 atom stereocenters. The molecule has 0 saturated heterocycles. The van der Waals surface area contributed by atoms with Gasteiger partial charge in [-0.1, -0.05) is 42.5 Å². The van der Waals surface area contributed by atoms with Crippen molar-refractivity contribution < 1.29 is 13.2 Å². The van der Waals surface area contributed by atoms with Crippen LogP contribution < -0.4 is 5.32 Å². The average Bonchev–Trinajstić information content (AvgIpc) is 3.58.